The fourth-order valence-corrected chi connectivity index (χ4v) is 6.22. The minimum absolute atomic E-state index is 0.172. The zero-order valence-electron chi connectivity index (χ0n) is 22.1. The predicted molar refractivity (Wildman–Crippen MR) is 146 cm³/mol. The van der Waals surface area contributed by atoms with Crippen LogP contribution >= 0.6 is 18.2 Å². The first kappa shape index (κ1) is 27.4. The van der Waals surface area contributed by atoms with E-state index in [1.54, 1.807) is 30.6 Å². The van der Waals surface area contributed by atoms with Crippen molar-refractivity contribution in [3.63, 3.8) is 0 Å². The number of aliphatic imine (C=N–C) groups is 3. The lowest BCUT2D eigenvalue weighted by Crippen LogP contribution is -2.45. The van der Waals surface area contributed by atoms with Gasteiger partial charge in [0.15, 0.2) is 0 Å². The largest absolute Gasteiger partial charge is 0.501 e. The summed E-state index contributed by atoms with van der Waals surface area (Å²) in [6.45, 7) is 14.4. The van der Waals surface area contributed by atoms with Crippen molar-refractivity contribution in [3.8, 4) is 0 Å². The number of nitrogens with one attached hydrogen (secondary N) is 3. The van der Waals surface area contributed by atoms with Gasteiger partial charge < -0.3 is 25.0 Å². The van der Waals surface area contributed by atoms with Crippen LogP contribution in [0.15, 0.2) is 51.8 Å². The topological polar surface area (TPSA) is 109 Å². The van der Waals surface area contributed by atoms with Crippen molar-refractivity contribution < 1.29 is 13.6 Å². The molecule has 0 saturated carbocycles. The molecule has 0 bridgehead atoms. The summed E-state index contributed by atoms with van der Waals surface area (Å²) in [5.74, 6) is 1.00. The number of hydrogen-bond acceptors (Lipinski definition) is 10. The van der Waals surface area contributed by atoms with Crippen molar-refractivity contribution >= 4 is 35.0 Å². The maximum atomic E-state index is 14.3. The third-order valence-electron chi connectivity index (χ3n) is 6.82. The van der Waals surface area contributed by atoms with Crippen molar-refractivity contribution in [2.24, 2.45) is 32.7 Å². The molecular formula is C24H39N6O3PS. The first-order valence-electron chi connectivity index (χ1n) is 12.0. The highest BCUT2D eigenvalue weighted by Gasteiger charge is 2.40. The molecule has 0 aromatic rings. The van der Waals surface area contributed by atoms with Gasteiger partial charge in [-0.3, -0.25) is 0 Å². The van der Waals surface area contributed by atoms with Crippen LogP contribution in [0.4, 0.5) is 0 Å². The first-order valence-corrected chi connectivity index (χ1v) is 15.0. The molecule has 9 nitrogen and oxygen atoms in total. The molecule has 0 radical (unpaired) electrons. The van der Waals surface area contributed by atoms with Crippen LogP contribution in [0.3, 0.4) is 0 Å². The summed E-state index contributed by atoms with van der Waals surface area (Å²) in [5, 5.41) is 10.3. The Labute approximate surface area is 213 Å². The predicted octanol–water partition coefficient (Wildman–Crippen LogP) is 5.52. The normalized spacial score (nSPS) is 31.7. The molecule has 0 aliphatic carbocycles. The molecule has 0 aromatic heterocycles. The number of nitrogens with zero attached hydrogens (tertiary/aromatic N) is 3. The molecule has 0 fully saturated rings. The zero-order chi connectivity index (χ0) is 26.1. The van der Waals surface area contributed by atoms with Crippen LogP contribution in [0, 0.1) is 17.8 Å². The average Bonchev–Trinajstić information content (AvgIpc) is 2.73. The SMILES string of the molecule is CC(C)C1(C)N=C(OP(=O)(OC2=NC(C)(C(C)C)NC=C2)SC2=NC(C)(C(C)C)NC=C2)C=CN1. The lowest BCUT2D eigenvalue weighted by molar-refractivity contribution is 0.289. The van der Waals surface area contributed by atoms with Crippen molar-refractivity contribution in [2.45, 2.75) is 79.3 Å². The van der Waals surface area contributed by atoms with Crippen LogP contribution in [0.2, 0.25) is 0 Å². The minimum Gasteiger partial charge on any atom is -0.390 e. The minimum atomic E-state index is -3.90. The summed E-state index contributed by atoms with van der Waals surface area (Å²) in [6.07, 6.45) is 10.4. The fourth-order valence-electron chi connectivity index (χ4n) is 3.18. The molecule has 3 rings (SSSR count). The Kier molecular flexibility index (Phi) is 7.87. The molecular weight excluding hydrogens is 483 g/mol. The van der Waals surface area contributed by atoms with E-state index in [9.17, 15) is 4.57 Å². The summed E-state index contributed by atoms with van der Waals surface area (Å²) in [6, 6.07) is 0. The Morgan fingerprint density at radius 2 is 1.09 bits per heavy atom. The molecule has 0 spiro atoms. The molecule has 0 amide bonds. The van der Waals surface area contributed by atoms with Gasteiger partial charge in [0.05, 0.1) is 0 Å². The molecule has 3 unspecified atom stereocenters. The quantitative estimate of drug-likeness (QED) is 0.394. The van der Waals surface area contributed by atoms with E-state index in [2.05, 4.69) is 67.5 Å². The molecule has 3 aliphatic heterocycles. The Morgan fingerprint density at radius 1 is 0.714 bits per heavy atom. The van der Waals surface area contributed by atoms with Crippen molar-refractivity contribution in [1.82, 2.24) is 16.0 Å². The third kappa shape index (κ3) is 6.33. The summed E-state index contributed by atoms with van der Waals surface area (Å²) >= 11 is 0.956. The van der Waals surface area contributed by atoms with Crippen molar-refractivity contribution in [3.05, 3.63) is 36.8 Å². The highest BCUT2D eigenvalue weighted by molar-refractivity contribution is 8.63. The summed E-state index contributed by atoms with van der Waals surface area (Å²) in [5.41, 5.74) is -1.72. The molecule has 11 heteroatoms. The van der Waals surface area contributed by atoms with Crippen LogP contribution in [-0.4, -0.2) is 33.8 Å². The van der Waals surface area contributed by atoms with Crippen LogP contribution in [0.1, 0.15) is 62.3 Å². The molecule has 0 saturated heterocycles. The third-order valence-corrected chi connectivity index (χ3v) is 9.96. The second-order valence-electron chi connectivity index (χ2n) is 10.4. The van der Waals surface area contributed by atoms with E-state index < -0.39 is 23.8 Å². The highest BCUT2D eigenvalue weighted by Crippen LogP contribution is 2.62. The van der Waals surface area contributed by atoms with E-state index in [4.69, 9.17) is 14.0 Å². The van der Waals surface area contributed by atoms with Crippen LogP contribution in [-0.2, 0) is 13.6 Å². The maximum absolute atomic E-state index is 14.3. The van der Waals surface area contributed by atoms with Gasteiger partial charge >= 0.3 is 6.80 Å². The lowest BCUT2D eigenvalue weighted by atomic mass is 9.98. The smallest absolute Gasteiger partial charge is 0.390 e. The molecule has 35 heavy (non-hydrogen) atoms. The second-order valence-corrected chi connectivity index (χ2v) is 14.2. The fraction of sp³-hybridized carbons (Fsp3) is 0.625. The van der Waals surface area contributed by atoms with E-state index in [-0.39, 0.29) is 29.5 Å². The molecule has 3 aliphatic rings. The Balaban J connectivity index is 1.97. The summed E-state index contributed by atoms with van der Waals surface area (Å²) < 4.78 is 26.3. The number of rotatable bonds is 6. The van der Waals surface area contributed by atoms with Gasteiger partial charge in [0, 0.05) is 42.1 Å². The zero-order valence-corrected chi connectivity index (χ0v) is 23.8. The van der Waals surface area contributed by atoms with Crippen molar-refractivity contribution in [2.75, 3.05) is 0 Å². The summed E-state index contributed by atoms with van der Waals surface area (Å²) in [7, 11) is 0. The van der Waals surface area contributed by atoms with E-state index in [0.29, 0.717) is 5.04 Å². The van der Waals surface area contributed by atoms with Gasteiger partial charge in [0.1, 0.15) is 22.0 Å². The number of hydrogen-bond donors (Lipinski definition) is 3. The van der Waals surface area contributed by atoms with E-state index >= 15 is 0 Å². The van der Waals surface area contributed by atoms with Crippen LogP contribution in [0.25, 0.3) is 0 Å². The highest BCUT2D eigenvalue weighted by atomic mass is 32.7. The molecule has 0 aromatic carbocycles. The molecule has 3 atom stereocenters. The van der Waals surface area contributed by atoms with E-state index in [1.807, 2.05) is 27.0 Å². The lowest BCUT2D eigenvalue weighted by Gasteiger charge is -2.35. The maximum Gasteiger partial charge on any atom is 0.501 e. The second kappa shape index (κ2) is 10.1. The average molecular weight is 523 g/mol. The molecule has 3 N–H and O–H groups in total. The van der Waals surface area contributed by atoms with Gasteiger partial charge in [-0.2, -0.15) is 0 Å². The van der Waals surface area contributed by atoms with E-state index in [0.717, 1.165) is 11.4 Å². The Morgan fingerprint density at radius 3 is 1.49 bits per heavy atom. The van der Waals surface area contributed by atoms with Crippen LogP contribution in [0.5, 0.6) is 0 Å². The Hall–Kier alpha value is -2.19. The molecule has 194 valence electrons. The van der Waals surface area contributed by atoms with Gasteiger partial charge in [-0.25, -0.2) is 19.5 Å². The van der Waals surface area contributed by atoms with Crippen molar-refractivity contribution in [1.29, 1.82) is 0 Å². The van der Waals surface area contributed by atoms with Gasteiger partial charge in [-0.05, 0) is 44.6 Å². The summed E-state index contributed by atoms with van der Waals surface area (Å²) in [4.78, 5) is 14.2. The van der Waals surface area contributed by atoms with E-state index in [1.165, 1.54) is 0 Å². The van der Waals surface area contributed by atoms with Crippen LogP contribution < -0.4 is 16.0 Å². The molecule has 3 heterocycles. The monoisotopic (exact) mass is 522 g/mol. The standard InChI is InChI=1S/C24H39N6O3PS/c1-16(2)22(7)25-13-10-19(28-22)32-34(31,33-20-11-14-26-23(8,29-20)17(3)4)35-21-12-15-27-24(9,30-21)18(5)6/h10-18,25-27H,1-9H3. The first-order chi connectivity index (χ1) is 16.2. The Bertz CT molecular complexity index is 921. The van der Waals surface area contributed by atoms with Gasteiger partial charge in [0.2, 0.25) is 11.8 Å². The van der Waals surface area contributed by atoms with Gasteiger partial charge in [0.25, 0.3) is 0 Å². The van der Waals surface area contributed by atoms with Gasteiger partial charge in [-0.1, -0.05) is 41.5 Å². The van der Waals surface area contributed by atoms with Gasteiger partial charge in [-0.15, -0.1) is 0 Å².